The Morgan fingerprint density at radius 3 is 2.40 bits per heavy atom. The Balaban J connectivity index is 1.07. The number of likely N-dealkylation sites (tertiary alicyclic amines) is 1. The molecule has 4 amide bonds. The zero-order valence-corrected chi connectivity index (χ0v) is 22.6. The number of amides is 4. The molecule has 1 N–H and O–H groups in total. The summed E-state index contributed by atoms with van der Waals surface area (Å²) in [5, 5.41) is 2.33. The highest BCUT2D eigenvalue weighted by Crippen LogP contribution is 2.31. The van der Waals surface area contributed by atoms with Gasteiger partial charge in [-0.25, -0.2) is 0 Å². The van der Waals surface area contributed by atoms with Crippen LogP contribution in [0.3, 0.4) is 0 Å². The molecule has 0 radical (unpaired) electrons. The molecule has 0 bridgehead atoms. The van der Waals surface area contributed by atoms with Gasteiger partial charge in [0.05, 0.1) is 12.6 Å². The molecule has 1 saturated carbocycles. The zero-order valence-electron chi connectivity index (χ0n) is 22.6. The van der Waals surface area contributed by atoms with Crippen molar-refractivity contribution < 1.29 is 28.7 Å². The third-order valence-electron chi connectivity index (χ3n) is 8.64. The van der Waals surface area contributed by atoms with Crippen LogP contribution < -0.4 is 14.8 Å². The minimum absolute atomic E-state index is 0.00160. The molecule has 3 fully saturated rings. The van der Waals surface area contributed by atoms with Gasteiger partial charge in [-0.05, 0) is 92.5 Å². The van der Waals surface area contributed by atoms with Crippen molar-refractivity contribution in [3.05, 3.63) is 59.2 Å². The Bertz CT molecular complexity index is 1300. The number of imide groups is 1. The molecule has 3 heterocycles. The fourth-order valence-corrected chi connectivity index (χ4v) is 6.01. The second-order valence-electron chi connectivity index (χ2n) is 11.3. The molecule has 6 rings (SSSR count). The number of carbonyl (C=O) groups is 4. The molecule has 210 valence electrons. The fraction of sp³-hybridized carbons (Fsp3) is 0.484. The summed E-state index contributed by atoms with van der Waals surface area (Å²) in [6.07, 6.45) is 7.17. The summed E-state index contributed by atoms with van der Waals surface area (Å²) in [4.78, 5) is 53.6. The van der Waals surface area contributed by atoms with E-state index in [0.717, 1.165) is 37.2 Å². The van der Waals surface area contributed by atoms with Crippen LogP contribution in [0.15, 0.2) is 42.5 Å². The highest BCUT2D eigenvalue weighted by Gasteiger charge is 2.39. The maximum atomic E-state index is 13.4. The topological polar surface area (TPSA) is 105 Å². The molecule has 9 nitrogen and oxygen atoms in total. The Morgan fingerprint density at radius 2 is 1.65 bits per heavy atom. The molecule has 2 aromatic rings. The Kier molecular flexibility index (Phi) is 7.45. The van der Waals surface area contributed by atoms with Crippen LogP contribution in [-0.2, 0) is 16.1 Å². The number of hydrogen-bond acceptors (Lipinski definition) is 6. The first-order chi connectivity index (χ1) is 19.5. The number of ether oxygens (including phenoxy) is 2. The maximum absolute atomic E-state index is 13.4. The molecule has 0 aromatic heterocycles. The number of fused-ring (bicyclic) bond motifs is 1. The summed E-state index contributed by atoms with van der Waals surface area (Å²) < 4.78 is 12.0. The highest BCUT2D eigenvalue weighted by atomic mass is 16.5. The van der Waals surface area contributed by atoms with Crippen LogP contribution in [0.4, 0.5) is 0 Å². The molecule has 1 aliphatic carbocycles. The lowest BCUT2D eigenvalue weighted by Gasteiger charge is -2.35. The predicted molar refractivity (Wildman–Crippen MR) is 146 cm³/mol. The molecule has 0 spiro atoms. The van der Waals surface area contributed by atoms with E-state index in [2.05, 4.69) is 5.32 Å². The van der Waals surface area contributed by atoms with Crippen LogP contribution in [0.2, 0.25) is 0 Å². The normalized spacial score (nSPS) is 22.9. The number of rotatable bonds is 8. The van der Waals surface area contributed by atoms with E-state index in [1.165, 1.54) is 24.2 Å². The van der Waals surface area contributed by atoms with Crippen molar-refractivity contribution in [1.82, 2.24) is 15.1 Å². The average Bonchev–Trinajstić information content (AvgIpc) is 3.26. The predicted octanol–water partition coefficient (Wildman–Crippen LogP) is 3.70. The van der Waals surface area contributed by atoms with E-state index in [1.54, 1.807) is 12.1 Å². The van der Waals surface area contributed by atoms with Gasteiger partial charge in [-0.3, -0.25) is 24.5 Å². The third kappa shape index (κ3) is 5.42. The molecule has 4 aliphatic rings. The number of carbonyl (C=O) groups excluding carboxylic acids is 4. The lowest BCUT2D eigenvalue weighted by molar-refractivity contribution is -0.136. The van der Waals surface area contributed by atoms with E-state index in [0.29, 0.717) is 48.9 Å². The largest absolute Gasteiger partial charge is 0.493 e. The Labute approximate surface area is 233 Å². The van der Waals surface area contributed by atoms with Crippen molar-refractivity contribution in [2.24, 2.45) is 5.92 Å². The van der Waals surface area contributed by atoms with Gasteiger partial charge in [-0.1, -0.05) is 6.42 Å². The number of benzene rings is 2. The molecule has 2 atom stereocenters. The maximum Gasteiger partial charge on any atom is 0.255 e. The van der Waals surface area contributed by atoms with E-state index >= 15 is 0 Å². The minimum Gasteiger partial charge on any atom is -0.493 e. The molecule has 1 unspecified atom stereocenters. The first kappa shape index (κ1) is 26.3. The van der Waals surface area contributed by atoms with Crippen molar-refractivity contribution in [2.45, 2.75) is 70.0 Å². The summed E-state index contributed by atoms with van der Waals surface area (Å²) in [5.41, 5.74) is 1.99. The molecular formula is C31H35N3O6. The lowest BCUT2D eigenvalue weighted by atomic mass is 9.86. The van der Waals surface area contributed by atoms with Gasteiger partial charge in [0, 0.05) is 30.6 Å². The smallest absolute Gasteiger partial charge is 0.255 e. The molecule has 40 heavy (non-hydrogen) atoms. The van der Waals surface area contributed by atoms with E-state index in [1.807, 2.05) is 35.2 Å². The van der Waals surface area contributed by atoms with Gasteiger partial charge in [-0.15, -0.1) is 0 Å². The average molecular weight is 546 g/mol. The van der Waals surface area contributed by atoms with Crippen LogP contribution in [0.5, 0.6) is 11.5 Å². The van der Waals surface area contributed by atoms with Crippen molar-refractivity contribution >= 4 is 23.6 Å². The standard InChI is InChI=1S/C31H35N3O6/c35-28-14-13-27(29(36)32-28)34-17-22-16-25(11-12-26(22)31(34)38)40-19-23-6-1-2-15-33(23)30(37)21-7-9-24(10-8-21)39-18-20-4-3-5-20/h7-12,16,20,23,27H,1-6,13-15,17-19H2,(H,32,35,36)/t23-,27?/m0/s1. The molecule has 3 aliphatic heterocycles. The molecule has 2 saturated heterocycles. The highest BCUT2D eigenvalue weighted by molar-refractivity contribution is 6.05. The SMILES string of the molecule is O=C1CCC(N2Cc3cc(OC[C@@H]4CCCCN4C(=O)c4ccc(OCC5CCC5)cc4)ccc3C2=O)C(=O)N1. The van der Waals surface area contributed by atoms with Gasteiger partial charge in [0.15, 0.2) is 0 Å². The van der Waals surface area contributed by atoms with Crippen LogP contribution in [0, 0.1) is 5.92 Å². The monoisotopic (exact) mass is 545 g/mol. The summed E-state index contributed by atoms with van der Waals surface area (Å²) in [6.45, 7) is 2.08. The number of nitrogens with zero attached hydrogens (tertiary/aromatic N) is 2. The van der Waals surface area contributed by atoms with Gasteiger partial charge in [-0.2, -0.15) is 0 Å². The third-order valence-corrected chi connectivity index (χ3v) is 8.64. The lowest BCUT2D eigenvalue weighted by Crippen LogP contribution is -2.52. The van der Waals surface area contributed by atoms with E-state index in [9.17, 15) is 19.2 Å². The first-order valence-corrected chi connectivity index (χ1v) is 14.4. The quantitative estimate of drug-likeness (QED) is 0.507. The van der Waals surface area contributed by atoms with E-state index in [4.69, 9.17) is 9.47 Å². The van der Waals surface area contributed by atoms with Gasteiger partial charge >= 0.3 is 0 Å². The van der Waals surface area contributed by atoms with Crippen molar-refractivity contribution in [3.8, 4) is 11.5 Å². The summed E-state index contributed by atoms with van der Waals surface area (Å²) in [6, 6.07) is 12.1. The van der Waals surface area contributed by atoms with Crippen LogP contribution >= 0.6 is 0 Å². The van der Waals surface area contributed by atoms with E-state index < -0.39 is 11.9 Å². The van der Waals surface area contributed by atoms with Gasteiger partial charge in [0.1, 0.15) is 24.1 Å². The minimum atomic E-state index is -0.646. The fourth-order valence-electron chi connectivity index (χ4n) is 6.01. The van der Waals surface area contributed by atoms with Gasteiger partial charge in [0.25, 0.3) is 11.8 Å². The van der Waals surface area contributed by atoms with Crippen molar-refractivity contribution in [1.29, 1.82) is 0 Å². The van der Waals surface area contributed by atoms with Crippen molar-refractivity contribution in [3.63, 3.8) is 0 Å². The summed E-state index contributed by atoms with van der Waals surface area (Å²) >= 11 is 0. The molecular weight excluding hydrogens is 510 g/mol. The van der Waals surface area contributed by atoms with Crippen LogP contribution in [0.25, 0.3) is 0 Å². The van der Waals surface area contributed by atoms with Crippen molar-refractivity contribution in [2.75, 3.05) is 19.8 Å². The number of piperidine rings is 2. The van der Waals surface area contributed by atoms with E-state index in [-0.39, 0.29) is 30.2 Å². The first-order valence-electron chi connectivity index (χ1n) is 14.4. The molecule has 9 heteroatoms. The summed E-state index contributed by atoms with van der Waals surface area (Å²) in [5.74, 6) is 1.15. The number of nitrogens with one attached hydrogen (secondary N) is 1. The Morgan fingerprint density at radius 1 is 0.875 bits per heavy atom. The van der Waals surface area contributed by atoms with Crippen LogP contribution in [0.1, 0.15) is 77.6 Å². The Hall–Kier alpha value is -3.88. The molecule has 2 aromatic carbocycles. The van der Waals surface area contributed by atoms with Gasteiger partial charge in [0.2, 0.25) is 11.8 Å². The summed E-state index contributed by atoms with van der Waals surface area (Å²) in [7, 11) is 0. The second-order valence-corrected chi connectivity index (χ2v) is 11.3. The van der Waals surface area contributed by atoms with Crippen LogP contribution in [-0.4, -0.2) is 65.3 Å². The number of hydrogen-bond donors (Lipinski definition) is 1. The van der Waals surface area contributed by atoms with Gasteiger partial charge < -0.3 is 19.3 Å². The second kappa shape index (κ2) is 11.3. The zero-order chi connectivity index (χ0) is 27.6.